The van der Waals surface area contributed by atoms with Crippen LogP contribution in [0.25, 0.3) is 0 Å². The molecule has 0 aliphatic rings. The van der Waals surface area contributed by atoms with Crippen molar-refractivity contribution in [2.24, 2.45) is 0 Å². The zero-order valence-corrected chi connectivity index (χ0v) is 14.0. The molecule has 0 fully saturated rings. The molecule has 0 saturated heterocycles. The molecule has 0 radical (unpaired) electrons. The number of hydrogen-bond acceptors (Lipinski definition) is 2. The summed E-state index contributed by atoms with van der Waals surface area (Å²) in [5.74, 6) is 0. The molecule has 1 atom stereocenters. The van der Waals surface area contributed by atoms with Crippen LogP contribution in [0, 0.1) is 13.8 Å². The minimum atomic E-state index is 0.314. The zero-order valence-electron chi connectivity index (χ0n) is 13.2. The van der Waals surface area contributed by atoms with Gasteiger partial charge in [0.25, 0.3) is 0 Å². The first-order chi connectivity index (χ1) is 9.60. The Labute approximate surface area is 127 Å². The minimum absolute atomic E-state index is 0.314. The lowest BCUT2D eigenvalue weighted by molar-refractivity contribution is 0.694. The molecule has 0 saturated carbocycles. The lowest BCUT2D eigenvalue weighted by Gasteiger charge is -2.19. The lowest BCUT2D eigenvalue weighted by atomic mass is 9.94. The first kappa shape index (κ1) is 15.3. The second-order valence-electron chi connectivity index (χ2n) is 5.35. The van der Waals surface area contributed by atoms with Crippen LogP contribution in [0.3, 0.4) is 0 Å². The van der Waals surface area contributed by atoms with Gasteiger partial charge in [-0.25, -0.2) is 0 Å². The highest BCUT2D eigenvalue weighted by Gasteiger charge is 2.18. The summed E-state index contributed by atoms with van der Waals surface area (Å²) < 4.78 is 0. The van der Waals surface area contributed by atoms with Gasteiger partial charge in [0.2, 0.25) is 0 Å². The Bertz CT molecular complexity index is 564. The van der Waals surface area contributed by atoms with E-state index in [0.717, 1.165) is 12.8 Å². The Balaban J connectivity index is 2.50. The Hall–Kier alpha value is -1.12. The fraction of sp³-hybridized carbons (Fsp3) is 0.444. The van der Waals surface area contributed by atoms with Gasteiger partial charge in [-0.15, -0.1) is 11.3 Å². The normalized spacial score (nSPS) is 12.7. The smallest absolute Gasteiger partial charge is 0.0671 e. The van der Waals surface area contributed by atoms with Crippen LogP contribution in [0.4, 0.5) is 0 Å². The highest BCUT2D eigenvalue weighted by Crippen LogP contribution is 2.32. The Kier molecular flexibility index (Phi) is 5.00. The standard InChI is InChI=1S/C18H25NS/c1-6-14-8-9-15(7-2)16(11-14)18(19-5)17-10-12(3)13(4)20-17/h8-11,18-19H,6-7H2,1-5H3. The molecule has 1 heterocycles. The molecular formula is C18H25NS. The molecule has 1 N–H and O–H groups in total. The summed E-state index contributed by atoms with van der Waals surface area (Å²) in [4.78, 5) is 2.84. The van der Waals surface area contributed by atoms with E-state index >= 15 is 0 Å². The second-order valence-corrected chi connectivity index (χ2v) is 6.64. The van der Waals surface area contributed by atoms with Crippen molar-refractivity contribution < 1.29 is 0 Å². The lowest BCUT2D eigenvalue weighted by Crippen LogP contribution is -2.18. The predicted octanol–water partition coefficient (Wildman–Crippen LogP) is 4.80. The maximum absolute atomic E-state index is 3.51. The van der Waals surface area contributed by atoms with Crippen LogP contribution >= 0.6 is 11.3 Å². The summed E-state index contributed by atoms with van der Waals surface area (Å²) in [6, 6.07) is 9.59. The van der Waals surface area contributed by atoms with Gasteiger partial charge in [0.15, 0.2) is 0 Å². The fourth-order valence-corrected chi connectivity index (χ4v) is 3.82. The Morgan fingerprint density at radius 1 is 1.10 bits per heavy atom. The first-order valence-corrected chi connectivity index (χ1v) is 8.28. The van der Waals surface area contributed by atoms with E-state index in [-0.39, 0.29) is 0 Å². The molecule has 1 unspecified atom stereocenters. The molecule has 20 heavy (non-hydrogen) atoms. The first-order valence-electron chi connectivity index (χ1n) is 7.46. The van der Waals surface area contributed by atoms with Gasteiger partial charge < -0.3 is 5.32 Å². The van der Waals surface area contributed by atoms with E-state index in [9.17, 15) is 0 Å². The van der Waals surface area contributed by atoms with Crippen molar-refractivity contribution in [3.63, 3.8) is 0 Å². The molecular weight excluding hydrogens is 262 g/mol. The second kappa shape index (κ2) is 6.55. The monoisotopic (exact) mass is 287 g/mol. The van der Waals surface area contributed by atoms with Gasteiger partial charge in [0.1, 0.15) is 0 Å². The number of thiophene rings is 1. The maximum Gasteiger partial charge on any atom is 0.0671 e. The van der Waals surface area contributed by atoms with E-state index in [2.05, 4.69) is 64.3 Å². The molecule has 1 aromatic carbocycles. The van der Waals surface area contributed by atoms with Crippen molar-refractivity contribution >= 4 is 11.3 Å². The van der Waals surface area contributed by atoms with Crippen LogP contribution in [-0.4, -0.2) is 7.05 Å². The summed E-state index contributed by atoms with van der Waals surface area (Å²) in [6.45, 7) is 8.87. The zero-order chi connectivity index (χ0) is 14.7. The molecule has 108 valence electrons. The van der Waals surface area contributed by atoms with Gasteiger partial charge >= 0.3 is 0 Å². The van der Waals surface area contributed by atoms with Crippen LogP contribution in [-0.2, 0) is 12.8 Å². The third-order valence-corrected chi connectivity index (χ3v) is 5.29. The molecule has 1 nitrogen and oxygen atoms in total. The quantitative estimate of drug-likeness (QED) is 0.833. The molecule has 0 aliphatic carbocycles. The van der Waals surface area contributed by atoms with E-state index in [1.54, 1.807) is 0 Å². The van der Waals surface area contributed by atoms with Gasteiger partial charge in [-0.2, -0.15) is 0 Å². The molecule has 0 aliphatic heterocycles. The molecule has 0 bridgehead atoms. The predicted molar refractivity (Wildman–Crippen MR) is 89.9 cm³/mol. The molecule has 0 amide bonds. The molecule has 0 spiro atoms. The van der Waals surface area contributed by atoms with E-state index in [1.807, 2.05) is 11.3 Å². The van der Waals surface area contributed by atoms with Crippen LogP contribution in [0.5, 0.6) is 0 Å². The van der Waals surface area contributed by atoms with E-state index in [4.69, 9.17) is 0 Å². The van der Waals surface area contributed by atoms with Crippen LogP contribution in [0.2, 0.25) is 0 Å². The third kappa shape index (κ3) is 2.97. The summed E-state index contributed by atoms with van der Waals surface area (Å²) in [5.41, 5.74) is 5.71. The van der Waals surface area contributed by atoms with Crippen molar-refractivity contribution in [1.82, 2.24) is 5.32 Å². The van der Waals surface area contributed by atoms with Crippen molar-refractivity contribution in [1.29, 1.82) is 0 Å². The summed E-state index contributed by atoms with van der Waals surface area (Å²) >= 11 is 1.91. The van der Waals surface area contributed by atoms with Gasteiger partial charge in [-0.05, 0) is 62.1 Å². The SMILES string of the molecule is CCc1ccc(CC)c(C(NC)c2cc(C)c(C)s2)c1. The highest BCUT2D eigenvalue weighted by molar-refractivity contribution is 7.12. The summed E-state index contributed by atoms with van der Waals surface area (Å²) in [7, 11) is 2.06. The highest BCUT2D eigenvalue weighted by atomic mass is 32.1. The van der Waals surface area contributed by atoms with Crippen LogP contribution in [0.15, 0.2) is 24.3 Å². The van der Waals surface area contributed by atoms with Crippen LogP contribution in [0.1, 0.15) is 51.9 Å². The average Bonchev–Trinajstić information content (AvgIpc) is 2.79. The summed E-state index contributed by atoms with van der Waals surface area (Å²) in [6.07, 6.45) is 2.18. The molecule has 2 rings (SSSR count). The van der Waals surface area contributed by atoms with Crippen molar-refractivity contribution in [3.8, 4) is 0 Å². The van der Waals surface area contributed by atoms with Crippen LogP contribution < -0.4 is 5.32 Å². The van der Waals surface area contributed by atoms with Gasteiger partial charge in [0, 0.05) is 9.75 Å². The third-order valence-electron chi connectivity index (χ3n) is 4.07. The van der Waals surface area contributed by atoms with Gasteiger partial charge in [-0.3, -0.25) is 0 Å². The Morgan fingerprint density at radius 2 is 1.85 bits per heavy atom. The maximum atomic E-state index is 3.51. The van der Waals surface area contributed by atoms with Crippen molar-refractivity contribution in [2.45, 2.75) is 46.6 Å². The van der Waals surface area contributed by atoms with Gasteiger partial charge in [-0.1, -0.05) is 32.0 Å². The number of rotatable bonds is 5. The number of benzene rings is 1. The van der Waals surface area contributed by atoms with Crippen molar-refractivity contribution in [2.75, 3.05) is 7.05 Å². The number of nitrogens with one attached hydrogen (secondary N) is 1. The van der Waals surface area contributed by atoms with E-state index in [1.165, 1.54) is 32.0 Å². The topological polar surface area (TPSA) is 12.0 Å². The summed E-state index contributed by atoms with van der Waals surface area (Å²) in [5, 5.41) is 3.51. The number of hydrogen-bond donors (Lipinski definition) is 1. The molecule has 2 aromatic rings. The molecule has 1 aromatic heterocycles. The van der Waals surface area contributed by atoms with Gasteiger partial charge in [0.05, 0.1) is 6.04 Å². The Morgan fingerprint density at radius 3 is 2.35 bits per heavy atom. The fourth-order valence-electron chi connectivity index (χ4n) is 2.65. The molecule has 2 heteroatoms. The number of aryl methyl sites for hydroxylation is 4. The van der Waals surface area contributed by atoms with E-state index in [0.29, 0.717) is 6.04 Å². The minimum Gasteiger partial charge on any atom is -0.309 e. The largest absolute Gasteiger partial charge is 0.309 e. The average molecular weight is 287 g/mol. The van der Waals surface area contributed by atoms with Crippen molar-refractivity contribution in [3.05, 3.63) is 56.3 Å². The van der Waals surface area contributed by atoms with E-state index < -0.39 is 0 Å².